The second kappa shape index (κ2) is 1.96. The van der Waals surface area contributed by atoms with Crippen molar-refractivity contribution in [2.75, 3.05) is 6.61 Å². The summed E-state index contributed by atoms with van der Waals surface area (Å²) in [6, 6.07) is 0. The highest BCUT2D eigenvalue weighted by molar-refractivity contribution is 5.02. The Bertz CT molecular complexity index is 113. The van der Waals surface area contributed by atoms with E-state index in [2.05, 4.69) is 0 Å². The molecule has 1 aliphatic rings. The van der Waals surface area contributed by atoms with Gasteiger partial charge in [-0.2, -0.15) is 0 Å². The van der Waals surface area contributed by atoms with Crippen LogP contribution < -0.4 is 0 Å². The Morgan fingerprint density at radius 1 is 1.78 bits per heavy atom. The van der Waals surface area contributed by atoms with E-state index < -0.39 is 0 Å². The van der Waals surface area contributed by atoms with E-state index in [0.717, 1.165) is 6.42 Å². The monoisotopic (exact) mass is 130 g/mol. The van der Waals surface area contributed by atoms with E-state index in [1.54, 1.807) is 0 Å². The first-order valence-electron chi connectivity index (χ1n) is 3.40. The normalized spacial score (nSPS) is 44.7. The average molecular weight is 130 g/mol. The Morgan fingerprint density at radius 3 is 2.33 bits per heavy atom. The summed E-state index contributed by atoms with van der Waals surface area (Å²) in [7, 11) is 0. The van der Waals surface area contributed by atoms with Crippen LogP contribution in [0.4, 0.5) is 0 Å². The zero-order valence-corrected chi connectivity index (χ0v) is 5.96. The lowest BCUT2D eigenvalue weighted by atomic mass is 9.93. The molecule has 54 valence electrons. The third kappa shape index (κ3) is 0.970. The summed E-state index contributed by atoms with van der Waals surface area (Å²) < 4.78 is 0. The fraction of sp³-hybridized carbons (Fsp3) is 1.00. The molecule has 2 nitrogen and oxygen atoms in total. The molecule has 0 aromatic heterocycles. The summed E-state index contributed by atoms with van der Waals surface area (Å²) in [4.78, 5) is 0. The summed E-state index contributed by atoms with van der Waals surface area (Å²) in [6.07, 6.45) is 0.689. The van der Waals surface area contributed by atoms with Crippen molar-refractivity contribution in [2.45, 2.75) is 26.4 Å². The zero-order chi connectivity index (χ0) is 7.07. The molecule has 1 fully saturated rings. The Labute approximate surface area is 55.5 Å². The molecule has 0 aromatic carbocycles. The van der Waals surface area contributed by atoms with Crippen LogP contribution in [0, 0.1) is 11.3 Å². The average Bonchev–Trinajstić information content (AvgIpc) is 2.41. The lowest BCUT2D eigenvalue weighted by Crippen LogP contribution is -2.16. The molecule has 9 heavy (non-hydrogen) atoms. The minimum absolute atomic E-state index is 0.0226. The van der Waals surface area contributed by atoms with Crippen LogP contribution >= 0.6 is 0 Å². The molecule has 0 bridgehead atoms. The van der Waals surface area contributed by atoms with Crippen molar-refractivity contribution in [3.05, 3.63) is 0 Å². The van der Waals surface area contributed by atoms with Crippen LogP contribution in [0.5, 0.6) is 0 Å². The Hall–Kier alpha value is -0.0800. The van der Waals surface area contributed by atoms with Gasteiger partial charge in [0.1, 0.15) is 0 Å². The van der Waals surface area contributed by atoms with Crippen LogP contribution in [0.3, 0.4) is 0 Å². The fourth-order valence-electron chi connectivity index (χ4n) is 1.10. The van der Waals surface area contributed by atoms with Crippen molar-refractivity contribution in [2.24, 2.45) is 11.3 Å². The fourth-order valence-corrected chi connectivity index (χ4v) is 1.10. The topological polar surface area (TPSA) is 40.5 Å². The highest BCUT2D eigenvalue weighted by atomic mass is 16.3. The Balaban J connectivity index is 2.43. The van der Waals surface area contributed by atoms with E-state index in [1.165, 1.54) is 0 Å². The van der Waals surface area contributed by atoms with Crippen LogP contribution in [-0.2, 0) is 0 Å². The first kappa shape index (κ1) is 7.03. The van der Waals surface area contributed by atoms with Gasteiger partial charge in [-0.15, -0.1) is 0 Å². The van der Waals surface area contributed by atoms with Gasteiger partial charge in [-0.1, -0.05) is 13.8 Å². The van der Waals surface area contributed by atoms with Gasteiger partial charge in [0.05, 0.1) is 6.10 Å². The van der Waals surface area contributed by atoms with Gasteiger partial charge in [0.2, 0.25) is 0 Å². The molecule has 1 saturated carbocycles. The van der Waals surface area contributed by atoms with Crippen LogP contribution in [0.25, 0.3) is 0 Å². The lowest BCUT2D eigenvalue weighted by Gasteiger charge is -2.15. The molecular formula is C7H14O2. The van der Waals surface area contributed by atoms with Crippen molar-refractivity contribution < 1.29 is 10.2 Å². The van der Waals surface area contributed by atoms with E-state index in [1.807, 2.05) is 13.8 Å². The molecule has 2 N–H and O–H groups in total. The Morgan fingerprint density at radius 2 is 2.22 bits per heavy atom. The van der Waals surface area contributed by atoms with E-state index >= 15 is 0 Å². The van der Waals surface area contributed by atoms with Gasteiger partial charge in [-0.05, 0) is 12.3 Å². The quantitative estimate of drug-likeness (QED) is 0.567. The molecule has 0 aromatic rings. The highest BCUT2D eigenvalue weighted by Gasteiger charge is 2.52. The number of hydrogen-bond acceptors (Lipinski definition) is 2. The smallest absolute Gasteiger partial charge is 0.0604 e. The molecule has 3 atom stereocenters. The molecule has 0 radical (unpaired) electrons. The molecule has 2 heteroatoms. The van der Waals surface area contributed by atoms with Crippen molar-refractivity contribution in [1.82, 2.24) is 0 Å². The molecular weight excluding hydrogens is 116 g/mol. The second-order valence-electron chi connectivity index (χ2n) is 3.31. The highest BCUT2D eigenvalue weighted by Crippen LogP contribution is 2.51. The van der Waals surface area contributed by atoms with Crippen molar-refractivity contribution in [1.29, 1.82) is 0 Å². The Kier molecular flexibility index (Phi) is 1.53. The molecule has 0 saturated heterocycles. The van der Waals surface area contributed by atoms with Gasteiger partial charge in [0.15, 0.2) is 0 Å². The van der Waals surface area contributed by atoms with Crippen molar-refractivity contribution in [3.63, 3.8) is 0 Å². The summed E-state index contributed by atoms with van der Waals surface area (Å²) in [5, 5.41) is 17.8. The lowest BCUT2D eigenvalue weighted by molar-refractivity contribution is 0.137. The molecule has 0 heterocycles. The largest absolute Gasteiger partial charge is 0.396 e. The van der Waals surface area contributed by atoms with Crippen molar-refractivity contribution in [3.8, 4) is 0 Å². The minimum atomic E-state index is -0.167. The van der Waals surface area contributed by atoms with Crippen LogP contribution in [-0.4, -0.2) is 22.9 Å². The summed E-state index contributed by atoms with van der Waals surface area (Å²) in [5.41, 5.74) is 0.0226. The standard InChI is InChI=1S/C7H14O2/c1-5(4-8)7(2)3-6(7)9/h5-6,8-9H,3-4H2,1-2H3/t5?,6-,7-/m1/s1. The summed E-state index contributed by atoms with van der Waals surface area (Å²) in [5.74, 6) is 0.243. The predicted molar refractivity (Wildman–Crippen MR) is 35.0 cm³/mol. The van der Waals surface area contributed by atoms with Crippen molar-refractivity contribution >= 4 is 0 Å². The maximum Gasteiger partial charge on any atom is 0.0604 e. The number of aliphatic hydroxyl groups excluding tert-OH is 2. The summed E-state index contributed by atoms with van der Waals surface area (Å²) >= 11 is 0. The number of hydrogen-bond donors (Lipinski definition) is 2. The summed E-state index contributed by atoms with van der Waals surface area (Å²) in [6.45, 7) is 4.17. The molecule has 1 unspecified atom stereocenters. The molecule has 0 aliphatic heterocycles. The molecule has 0 amide bonds. The maximum atomic E-state index is 9.08. The van der Waals surface area contributed by atoms with Crippen LogP contribution in [0.1, 0.15) is 20.3 Å². The SMILES string of the molecule is CC(CO)[C@@]1(C)C[C@H]1O. The molecule has 0 spiro atoms. The van der Waals surface area contributed by atoms with E-state index in [4.69, 9.17) is 10.2 Å². The number of rotatable bonds is 2. The number of aliphatic hydroxyl groups is 2. The maximum absolute atomic E-state index is 9.08. The third-order valence-electron chi connectivity index (χ3n) is 2.63. The van der Waals surface area contributed by atoms with E-state index in [9.17, 15) is 0 Å². The van der Waals surface area contributed by atoms with Crippen LogP contribution in [0.15, 0.2) is 0 Å². The van der Waals surface area contributed by atoms with Crippen LogP contribution in [0.2, 0.25) is 0 Å². The van der Waals surface area contributed by atoms with E-state index in [-0.39, 0.29) is 24.0 Å². The van der Waals surface area contributed by atoms with Gasteiger partial charge in [0, 0.05) is 12.0 Å². The molecule has 1 aliphatic carbocycles. The minimum Gasteiger partial charge on any atom is -0.396 e. The zero-order valence-electron chi connectivity index (χ0n) is 5.96. The predicted octanol–water partition coefficient (Wildman–Crippen LogP) is 0.386. The van der Waals surface area contributed by atoms with Gasteiger partial charge < -0.3 is 10.2 Å². The first-order valence-corrected chi connectivity index (χ1v) is 3.40. The second-order valence-corrected chi connectivity index (χ2v) is 3.31. The first-order chi connectivity index (χ1) is 4.11. The van der Waals surface area contributed by atoms with Gasteiger partial charge in [0.25, 0.3) is 0 Å². The van der Waals surface area contributed by atoms with E-state index in [0.29, 0.717) is 0 Å². The van der Waals surface area contributed by atoms with Gasteiger partial charge in [-0.3, -0.25) is 0 Å². The molecule has 1 rings (SSSR count). The van der Waals surface area contributed by atoms with Gasteiger partial charge >= 0.3 is 0 Å². The van der Waals surface area contributed by atoms with Gasteiger partial charge in [-0.25, -0.2) is 0 Å². The third-order valence-corrected chi connectivity index (χ3v) is 2.63.